The van der Waals surface area contributed by atoms with Crippen LogP contribution in [0.5, 0.6) is 0 Å². The van der Waals surface area contributed by atoms with Crippen molar-refractivity contribution in [2.24, 2.45) is 0 Å². The number of aryl methyl sites for hydroxylation is 3. The van der Waals surface area contributed by atoms with E-state index in [4.69, 9.17) is 14.8 Å². The molecule has 0 radical (unpaired) electrons. The maximum atomic E-state index is 13.1. The molecule has 3 aromatic heterocycles. The highest BCUT2D eigenvalue weighted by Crippen LogP contribution is 2.35. The van der Waals surface area contributed by atoms with E-state index in [2.05, 4.69) is 21.7 Å². The first-order valence-electron chi connectivity index (χ1n) is 13.4. The third-order valence-electron chi connectivity index (χ3n) is 6.25. The standard InChI is InChI=1S/C31H38N6O3/c1-19-10-9-11-22(16-19)26-25(23-17-20(2)33-21(3)18-23)27-34-24(12-15-37(27)36-26)28(38)32-14-13-31(7,8)35-29(39)40-30(4,5)6/h9-12,15-18H,13-14H2,1-8H3,(H,32,38)(H,35,39). The van der Waals surface area contributed by atoms with Gasteiger partial charge < -0.3 is 15.4 Å². The Labute approximate surface area is 235 Å². The van der Waals surface area contributed by atoms with Crippen LogP contribution in [0, 0.1) is 20.8 Å². The largest absolute Gasteiger partial charge is 0.444 e. The van der Waals surface area contributed by atoms with Crippen molar-refractivity contribution in [3.8, 4) is 22.4 Å². The Bertz CT molecular complexity index is 1550. The number of rotatable bonds is 7. The van der Waals surface area contributed by atoms with Crippen molar-refractivity contribution in [2.45, 2.75) is 73.0 Å². The fraction of sp³-hybridized carbons (Fsp3) is 0.387. The summed E-state index contributed by atoms with van der Waals surface area (Å²) >= 11 is 0. The van der Waals surface area contributed by atoms with E-state index in [0.29, 0.717) is 18.6 Å². The van der Waals surface area contributed by atoms with Gasteiger partial charge in [0, 0.05) is 35.2 Å². The molecule has 0 atom stereocenters. The van der Waals surface area contributed by atoms with Gasteiger partial charge in [-0.1, -0.05) is 23.8 Å². The van der Waals surface area contributed by atoms with E-state index in [-0.39, 0.29) is 11.6 Å². The van der Waals surface area contributed by atoms with Gasteiger partial charge >= 0.3 is 6.09 Å². The second kappa shape index (κ2) is 11.1. The van der Waals surface area contributed by atoms with E-state index in [1.165, 1.54) is 0 Å². The lowest BCUT2D eigenvalue weighted by molar-refractivity contribution is 0.0468. The van der Waals surface area contributed by atoms with Crippen LogP contribution in [-0.4, -0.2) is 49.3 Å². The second-order valence-electron chi connectivity index (χ2n) is 11.8. The lowest BCUT2D eigenvalue weighted by Crippen LogP contribution is -2.47. The summed E-state index contributed by atoms with van der Waals surface area (Å²) in [6.45, 7) is 15.5. The number of nitrogens with one attached hydrogen (secondary N) is 2. The molecule has 2 amide bonds. The molecular weight excluding hydrogens is 504 g/mol. The van der Waals surface area contributed by atoms with E-state index >= 15 is 0 Å². The minimum absolute atomic E-state index is 0.282. The Kier molecular flexibility index (Phi) is 7.95. The minimum atomic E-state index is -0.585. The van der Waals surface area contributed by atoms with Crippen LogP contribution >= 0.6 is 0 Å². The number of pyridine rings is 1. The first kappa shape index (κ1) is 28.7. The number of carbonyl (C=O) groups is 2. The van der Waals surface area contributed by atoms with E-state index in [9.17, 15) is 9.59 Å². The van der Waals surface area contributed by atoms with E-state index in [1.807, 2.05) is 85.7 Å². The number of aromatic nitrogens is 4. The highest BCUT2D eigenvalue weighted by atomic mass is 16.6. The topological polar surface area (TPSA) is 111 Å². The first-order valence-corrected chi connectivity index (χ1v) is 13.4. The summed E-state index contributed by atoms with van der Waals surface area (Å²) in [6.07, 6.45) is 1.77. The average molecular weight is 543 g/mol. The maximum Gasteiger partial charge on any atom is 0.408 e. The van der Waals surface area contributed by atoms with Gasteiger partial charge in [-0.2, -0.15) is 5.10 Å². The highest BCUT2D eigenvalue weighted by Gasteiger charge is 2.25. The average Bonchev–Trinajstić information content (AvgIpc) is 3.20. The zero-order valence-corrected chi connectivity index (χ0v) is 24.5. The van der Waals surface area contributed by atoms with E-state index < -0.39 is 17.2 Å². The van der Waals surface area contributed by atoms with Gasteiger partial charge in [0.05, 0.1) is 5.56 Å². The molecular formula is C31H38N6O3. The molecule has 0 unspecified atom stereocenters. The Hall–Kier alpha value is -4.27. The first-order chi connectivity index (χ1) is 18.7. The van der Waals surface area contributed by atoms with Crippen molar-refractivity contribution >= 4 is 17.6 Å². The molecule has 0 aliphatic carbocycles. The quantitative estimate of drug-likeness (QED) is 0.305. The molecule has 9 heteroatoms. The number of amides is 2. The normalized spacial score (nSPS) is 11.9. The Morgan fingerprint density at radius 2 is 1.62 bits per heavy atom. The molecule has 0 aliphatic heterocycles. The van der Waals surface area contributed by atoms with Gasteiger partial charge in [0.1, 0.15) is 17.0 Å². The van der Waals surface area contributed by atoms with Crippen molar-refractivity contribution in [3.63, 3.8) is 0 Å². The van der Waals surface area contributed by atoms with Gasteiger partial charge in [0.2, 0.25) is 0 Å². The molecule has 2 N–H and O–H groups in total. The van der Waals surface area contributed by atoms with Crippen molar-refractivity contribution in [1.82, 2.24) is 30.2 Å². The summed E-state index contributed by atoms with van der Waals surface area (Å²) in [5.74, 6) is -0.304. The van der Waals surface area contributed by atoms with Crippen molar-refractivity contribution in [1.29, 1.82) is 0 Å². The van der Waals surface area contributed by atoms with Crippen LogP contribution in [0.1, 0.15) is 68.5 Å². The van der Waals surface area contributed by atoms with Crippen LogP contribution in [0.25, 0.3) is 28.0 Å². The number of hydrogen-bond donors (Lipinski definition) is 2. The third-order valence-corrected chi connectivity index (χ3v) is 6.25. The number of ether oxygens (including phenoxy) is 1. The summed E-state index contributed by atoms with van der Waals surface area (Å²) in [4.78, 5) is 34.6. The zero-order valence-electron chi connectivity index (χ0n) is 24.5. The predicted molar refractivity (Wildman–Crippen MR) is 156 cm³/mol. The van der Waals surface area contributed by atoms with Crippen molar-refractivity contribution < 1.29 is 14.3 Å². The summed E-state index contributed by atoms with van der Waals surface area (Å²) < 4.78 is 7.07. The Morgan fingerprint density at radius 3 is 2.27 bits per heavy atom. The van der Waals surface area contributed by atoms with Crippen LogP contribution in [0.4, 0.5) is 4.79 Å². The fourth-order valence-electron chi connectivity index (χ4n) is 4.52. The van der Waals surface area contributed by atoms with Gasteiger partial charge in [-0.25, -0.2) is 14.3 Å². The van der Waals surface area contributed by atoms with Crippen molar-refractivity contribution in [2.75, 3.05) is 6.54 Å². The number of hydrogen-bond acceptors (Lipinski definition) is 6. The summed E-state index contributed by atoms with van der Waals surface area (Å²) in [6, 6.07) is 13.9. The Morgan fingerprint density at radius 1 is 0.925 bits per heavy atom. The summed E-state index contributed by atoms with van der Waals surface area (Å²) in [7, 11) is 0. The minimum Gasteiger partial charge on any atom is -0.444 e. The van der Waals surface area contributed by atoms with Crippen molar-refractivity contribution in [3.05, 3.63) is 71.3 Å². The van der Waals surface area contributed by atoms with Crippen LogP contribution < -0.4 is 10.6 Å². The molecule has 40 heavy (non-hydrogen) atoms. The summed E-state index contributed by atoms with van der Waals surface area (Å²) in [5, 5.41) is 10.7. The molecule has 4 aromatic rings. The van der Waals surface area contributed by atoms with Crippen LogP contribution in [0.3, 0.4) is 0 Å². The van der Waals surface area contributed by atoms with E-state index in [0.717, 1.165) is 39.3 Å². The monoisotopic (exact) mass is 542 g/mol. The number of carbonyl (C=O) groups excluding carboxylic acids is 2. The SMILES string of the molecule is Cc1cccc(-c2nn3ccc(C(=O)NCCC(C)(C)NC(=O)OC(C)(C)C)nc3c2-c2cc(C)nc(C)c2)c1. The molecule has 3 heterocycles. The lowest BCUT2D eigenvalue weighted by atomic mass is 9.99. The molecule has 9 nitrogen and oxygen atoms in total. The van der Waals surface area contributed by atoms with Gasteiger partial charge in [0.25, 0.3) is 5.91 Å². The van der Waals surface area contributed by atoms with Gasteiger partial charge in [-0.3, -0.25) is 9.78 Å². The molecule has 0 bridgehead atoms. The number of benzene rings is 1. The predicted octanol–water partition coefficient (Wildman–Crippen LogP) is 5.81. The molecule has 0 spiro atoms. The smallest absolute Gasteiger partial charge is 0.408 e. The maximum absolute atomic E-state index is 13.1. The lowest BCUT2D eigenvalue weighted by Gasteiger charge is -2.28. The number of alkyl carbamates (subject to hydrolysis) is 1. The molecule has 0 fully saturated rings. The molecule has 0 aliphatic rings. The third kappa shape index (κ3) is 7.02. The van der Waals surface area contributed by atoms with Crippen LogP contribution in [0.15, 0.2) is 48.7 Å². The number of fused-ring (bicyclic) bond motifs is 1. The molecule has 210 valence electrons. The highest BCUT2D eigenvalue weighted by molar-refractivity contribution is 5.95. The van der Waals surface area contributed by atoms with Gasteiger partial charge in [-0.15, -0.1) is 0 Å². The molecule has 0 saturated carbocycles. The van der Waals surface area contributed by atoms with Gasteiger partial charge in [0.15, 0.2) is 5.65 Å². The second-order valence-corrected chi connectivity index (χ2v) is 11.8. The van der Waals surface area contributed by atoms with Gasteiger partial charge in [-0.05, 0) is 91.6 Å². The van der Waals surface area contributed by atoms with Crippen LogP contribution in [0.2, 0.25) is 0 Å². The summed E-state index contributed by atoms with van der Waals surface area (Å²) in [5.41, 5.74) is 6.15. The molecule has 1 aromatic carbocycles. The van der Waals surface area contributed by atoms with E-state index in [1.54, 1.807) is 16.8 Å². The fourth-order valence-corrected chi connectivity index (χ4v) is 4.52. The Balaban J connectivity index is 1.61. The van der Waals surface area contributed by atoms with Crippen LogP contribution in [-0.2, 0) is 4.74 Å². The molecule has 4 rings (SSSR count). The number of nitrogens with zero attached hydrogens (tertiary/aromatic N) is 4. The zero-order chi connectivity index (χ0) is 29.2. The molecule has 0 saturated heterocycles.